The van der Waals surface area contributed by atoms with Crippen LogP contribution in [0.3, 0.4) is 0 Å². The molecule has 1 aliphatic carbocycles. The second-order valence-corrected chi connectivity index (χ2v) is 5.47. The van der Waals surface area contributed by atoms with Gasteiger partial charge in [-0.15, -0.1) is 0 Å². The quantitative estimate of drug-likeness (QED) is 0.812. The molecule has 1 aromatic heterocycles. The van der Waals surface area contributed by atoms with Crippen molar-refractivity contribution in [1.82, 2.24) is 15.1 Å². The van der Waals surface area contributed by atoms with Crippen LogP contribution in [0, 0.1) is 0 Å². The van der Waals surface area contributed by atoms with E-state index in [-0.39, 0.29) is 12.0 Å². The minimum Gasteiger partial charge on any atom is -0.465 e. The van der Waals surface area contributed by atoms with Gasteiger partial charge in [0.05, 0.1) is 12.6 Å². The standard InChI is InChI=1S/C15H25N3O2/c1-3-9-16-15(14(19)20-4-2)8-5-7-13(12-15)18-11-6-10-17-18/h6,10-11,13,16H,3-5,7-9,12H2,1-2H3. The van der Waals surface area contributed by atoms with E-state index in [9.17, 15) is 4.79 Å². The molecule has 2 atom stereocenters. The van der Waals surface area contributed by atoms with Crippen molar-refractivity contribution in [3.63, 3.8) is 0 Å². The first-order chi connectivity index (χ1) is 9.72. The van der Waals surface area contributed by atoms with Gasteiger partial charge in [0.2, 0.25) is 0 Å². The van der Waals surface area contributed by atoms with Crippen molar-refractivity contribution in [3.8, 4) is 0 Å². The summed E-state index contributed by atoms with van der Waals surface area (Å²) in [6.07, 6.45) is 8.47. The van der Waals surface area contributed by atoms with Crippen LogP contribution in [0.5, 0.6) is 0 Å². The molecular weight excluding hydrogens is 254 g/mol. The minimum absolute atomic E-state index is 0.106. The number of carbonyl (C=O) groups is 1. The molecule has 1 fully saturated rings. The molecule has 0 radical (unpaired) electrons. The van der Waals surface area contributed by atoms with E-state index in [1.165, 1.54) is 0 Å². The minimum atomic E-state index is -0.541. The van der Waals surface area contributed by atoms with E-state index in [1.807, 2.05) is 23.9 Å². The fourth-order valence-corrected chi connectivity index (χ4v) is 3.02. The number of aromatic nitrogens is 2. The van der Waals surface area contributed by atoms with Gasteiger partial charge in [0.1, 0.15) is 5.54 Å². The normalized spacial score (nSPS) is 26.4. The van der Waals surface area contributed by atoms with Crippen molar-refractivity contribution in [1.29, 1.82) is 0 Å². The number of esters is 1. The average molecular weight is 279 g/mol. The number of nitrogens with one attached hydrogen (secondary N) is 1. The molecule has 1 heterocycles. The van der Waals surface area contributed by atoms with Crippen molar-refractivity contribution >= 4 is 5.97 Å². The monoisotopic (exact) mass is 279 g/mol. The third kappa shape index (κ3) is 3.20. The Balaban J connectivity index is 2.15. The Labute approximate surface area is 120 Å². The topological polar surface area (TPSA) is 56.1 Å². The average Bonchev–Trinajstić information content (AvgIpc) is 3.00. The van der Waals surface area contributed by atoms with Crippen molar-refractivity contribution in [2.24, 2.45) is 0 Å². The van der Waals surface area contributed by atoms with Crippen LogP contribution in [0.25, 0.3) is 0 Å². The molecule has 5 heteroatoms. The summed E-state index contributed by atoms with van der Waals surface area (Å²) in [4.78, 5) is 12.4. The van der Waals surface area contributed by atoms with E-state index >= 15 is 0 Å². The Bertz CT molecular complexity index is 419. The number of rotatable bonds is 6. The summed E-state index contributed by atoms with van der Waals surface area (Å²) in [5.41, 5.74) is -0.541. The highest BCUT2D eigenvalue weighted by atomic mass is 16.5. The summed E-state index contributed by atoms with van der Waals surface area (Å²) in [6.45, 7) is 5.24. The fourth-order valence-electron chi connectivity index (χ4n) is 3.02. The number of hydrogen-bond donors (Lipinski definition) is 1. The Kier molecular flexibility index (Phi) is 5.17. The van der Waals surface area contributed by atoms with Crippen molar-refractivity contribution in [2.75, 3.05) is 13.2 Å². The van der Waals surface area contributed by atoms with Crippen molar-refractivity contribution in [3.05, 3.63) is 18.5 Å². The SMILES string of the molecule is CCCNC1(C(=O)OCC)CCCC(n2cccn2)C1. The zero-order valence-electron chi connectivity index (χ0n) is 12.5. The first kappa shape index (κ1) is 15.0. The van der Waals surface area contributed by atoms with Gasteiger partial charge in [-0.25, -0.2) is 0 Å². The van der Waals surface area contributed by atoms with Crippen LogP contribution in [0.4, 0.5) is 0 Å². The zero-order chi connectivity index (χ0) is 14.4. The van der Waals surface area contributed by atoms with Crippen molar-refractivity contribution in [2.45, 2.75) is 57.5 Å². The van der Waals surface area contributed by atoms with Gasteiger partial charge >= 0.3 is 5.97 Å². The van der Waals surface area contributed by atoms with Gasteiger partial charge in [-0.3, -0.25) is 9.48 Å². The fraction of sp³-hybridized carbons (Fsp3) is 0.733. The molecule has 0 amide bonds. The maximum atomic E-state index is 12.4. The summed E-state index contributed by atoms with van der Waals surface area (Å²) in [5.74, 6) is -0.106. The Morgan fingerprint density at radius 1 is 1.55 bits per heavy atom. The number of nitrogens with zero attached hydrogens (tertiary/aromatic N) is 2. The lowest BCUT2D eigenvalue weighted by atomic mass is 9.78. The number of ether oxygens (including phenoxy) is 1. The molecule has 1 saturated carbocycles. The van der Waals surface area contributed by atoms with Crippen LogP contribution in [0.1, 0.15) is 52.0 Å². The first-order valence-electron chi connectivity index (χ1n) is 7.63. The molecule has 0 spiro atoms. The smallest absolute Gasteiger partial charge is 0.326 e. The lowest BCUT2D eigenvalue weighted by Gasteiger charge is -2.39. The highest BCUT2D eigenvalue weighted by Crippen LogP contribution is 2.36. The molecule has 0 saturated heterocycles. The van der Waals surface area contributed by atoms with Gasteiger partial charge in [0.15, 0.2) is 0 Å². The maximum absolute atomic E-state index is 12.4. The summed E-state index contributed by atoms with van der Waals surface area (Å²) in [6, 6.07) is 2.20. The van der Waals surface area contributed by atoms with E-state index in [2.05, 4.69) is 17.3 Å². The van der Waals surface area contributed by atoms with E-state index in [0.29, 0.717) is 6.61 Å². The van der Waals surface area contributed by atoms with Gasteiger partial charge in [0.25, 0.3) is 0 Å². The first-order valence-corrected chi connectivity index (χ1v) is 7.63. The molecule has 5 nitrogen and oxygen atoms in total. The molecule has 0 bridgehead atoms. The predicted molar refractivity (Wildman–Crippen MR) is 77.4 cm³/mol. The van der Waals surface area contributed by atoms with Crippen LogP contribution in [0.2, 0.25) is 0 Å². The molecule has 20 heavy (non-hydrogen) atoms. The molecule has 1 aliphatic rings. The van der Waals surface area contributed by atoms with E-state index < -0.39 is 5.54 Å². The third-order valence-electron chi connectivity index (χ3n) is 4.00. The van der Waals surface area contributed by atoms with Gasteiger partial charge in [-0.05, 0) is 51.6 Å². The highest BCUT2D eigenvalue weighted by molar-refractivity contribution is 5.81. The van der Waals surface area contributed by atoms with E-state index in [4.69, 9.17) is 4.74 Å². The zero-order valence-corrected chi connectivity index (χ0v) is 12.5. The van der Waals surface area contributed by atoms with Crippen LogP contribution in [-0.2, 0) is 9.53 Å². The third-order valence-corrected chi connectivity index (χ3v) is 4.00. The largest absolute Gasteiger partial charge is 0.465 e. The number of hydrogen-bond acceptors (Lipinski definition) is 4. The predicted octanol–water partition coefficient (Wildman–Crippen LogP) is 2.30. The molecule has 1 aromatic rings. The molecule has 0 aliphatic heterocycles. The molecule has 112 valence electrons. The summed E-state index contributed by atoms with van der Waals surface area (Å²) in [7, 11) is 0. The Morgan fingerprint density at radius 3 is 3.05 bits per heavy atom. The van der Waals surface area contributed by atoms with Crippen LogP contribution in [0.15, 0.2) is 18.5 Å². The molecular formula is C15H25N3O2. The van der Waals surface area contributed by atoms with Crippen LogP contribution in [-0.4, -0.2) is 34.4 Å². The molecule has 1 N–H and O–H groups in total. The van der Waals surface area contributed by atoms with Gasteiger partial charge < -0.3 is 10.1 Å². The van der Waals surface area contributed by atoms with Crippen LogP contribution < -0.4 is 5.32 Å². The second-order valence-electron chi connectivity index (χ2n) is 5.47. The van der Waals surface area contributed by atoms with Gasteiger partial charge in [0, 0.05) is 12.4 Å². The van der Waals surface area contributed by atoms with E-state index in [1.54, 1.807) is 6.20 Å². The Morgan fingerprint density at radius 2 is 2.40 bits per heavy atom. The highest BCUT2D eigenvalue weighted by Gasteiger charge is 2.44. The van der Waals surface area contributed by atoms with Crippen molar-refractivity contribution < 1.29 is 9.53 Å². The molecule has 2 rings (SSSR count). The van der Waals surface area contributed by atoms with E-state index in [0.717, 1.165) is 38.6 Å². The van der Waals surface area contributed by atoms with Gasteiger partial charge in [-0.1, -0.05) is 6.92 Å². The lowest BCUT2D eigenvalue weighted by Crippen LogP contribution is -2.56. The summed E-state index contributed by atoms with van der Waals surface area (Å²) >= 11 is 0. The maximum Gasteiger partial charge on any atom is 0.326 e. The van der Waals surface area contributed by atoms with Gasteiger partial charge in [-0.2, -0.15) is 5.10 Å². The summed E-state index contributed by atoms with van der Waals surface area (Å²) < 4.78 is 7.29. The molecule has 2 unspecified atom stereocenters. The Hall–Kier alpha value is -1.36. The number of carbonyl (C=O) groups excluding carboxylic acids is 1. The molecule has 0 aromatic carbocycles. The second kappa shape index (κ2) is 6.88. The van der Waals surface area contributed by atoms with Crippen LogP contribution >= 0.6 is 0 Å². The summed E-state index contributed by atoms with van der Waals surface area (Å²) in [5, 5.41) is 7.77. The lowest BCUT2D eigenvalue weighted by molar-refractivity contribution is -0.153.